The maximum Gasteiger partial charge on any atom is 0.189 e. The number of benzene rings is 1. The lowest BCUT2D eigenvalue weighted by Crippen LogP contribution is -2.14. The fourth-order valence-electron chi connectivity index (χ4n) is 1.86. The predicted octanol–water partition coefficient (Wildman–Crippen LogP) is 4.47. The van der Waals surface area contributed by atoms with Gasteiger partial charge in [-0.15, -0.1) is 0 Å². The molecule has 1 aromatic carbocycles. The van der Waals surface area contributed by atoms with Crippen LogP contribution in [-0.2, 0) is 11.3 Å². The van der Waals surface area contributed by atoms with Crippen LogP contribution in [0.3, 0.4) is 0 Å². The summed E-state index contributed by atoms with van der Waals surface area (Å²) in [4.78, 5) is 0. The standard InChI is InChI=1S/C15H21Br2NO2/c1-2-5-18-8-12-6-13(16)15(14(17)7-12)20-10-19-9-11-3-4-11/h6-7,11,18H,2-5,8-10H2,1H3. The van der Waals surface area contributed by atoms with Gasteiger partial charge >= 0.3 is 0 Å². The van der Waals surface area contributed by atoms with Gasteiger partial charge < -0.3 is 14.8 Å². The van der Waals surface area contributed by atoms with Crippen molar-refractivity contribution < 1.29 is 9.47 Å². The van der Waals surface area contributed by atoms with E-state index in [4.69, 9.17) is 9.47 Å². The summed E-state index contributed by atoms with van der Waals surface area (Å²) < 4.78 is 13.1. The van der Waals surface area contributed by atoms with Crippen LogP contribution >= 0.6 is 31.9 Å². The molecule has 1 aliphatic rings. The quantitative estimate of drug-likeness (QED) is 0.484. The fraction of sp³-hybridized carbons (Fsp3) is 0.600. The van der Waals surface area contributed by atoms with Crippen molar-refractivity contribution in [1.29, 1.82) is 0 Å². The highest BCUT2D eigenvalue weighted by molar-refractivity contribution is 9.11. The van der Waals surface area contributed by atoms with Crippen LogP contribution in [0.25, 0.3) is 0 Å². The van der Waals surface area contributed by atoms with Gasteiger partial charge in [-0.3, -0.25) is 0 Å². The molecule has 1 aromatic rings. The van der Waals surface area contributed by atoms with E-state index >= 15 is 0 Å². The molecule has 5 heteroatoms. The van der Waals surface area contributed by atoms with E-state index in [0.29, 0.717) is 6.79 Å². The first-order valence-electron chi connectivity index (χ1n) is 7.10. The minimum absolute atomic E-state index is 0.307. The summed E-state index contributed by atoms with van der Waals surface area (Å²) in [5.41, 5.74) is 1.23. The van der Waals surface area contributed by atoms with Gasteiger partial charge in [-0.25, -0.2) is 0 Å². The second kappa shape index (κ2) is 8.37. The molecule has 1 fully saturated rings. The SMILES string of the molecule is CCCNCc1cc(Br)c(OCOCC2CC2)c(Br)c1. The minimum Gasteiger partial charge on any atom is -0.465 e. The first-order valence-corrected chi connectivity index (χ1v) is 8.68. The van der Waals surface area contributed by atoms with E-state index in [-0.39, 0.29) is 0 Å². The zero-order valence-electron chi connectivity index (χ0n) is 11.8. The lowest BCUT2D eigenvalue weighted by molar-refractivity contribution is 0.00913. The lowest BCUT2D eigenvalue weighted by atomic mass is 10.2. The second-order valence-corrected chi connectivity index (χ2v) is 6.85. The number of ether oxygens (including phenoxy) is 2. The Morgan fingerprint density at radius 3 is 2.55 bits per heavy atom. The van der Waals surface area contributed by atoms with Gasteiger partial charge in [0.1, 0.15) is 0 Å². The summed E-state index contributed by atoms with van der Waals surface area (Å²) in [5.74, 6) is 1.57. The van der Waals surface area contributed by atoms with Crippen molar-refractivity contribution in [3.05, 3.63) is 26.6 Å². The molecule has 0 atom stereocenters. The number of nitrogens with one attached hydrogen (secondary N) is 1. The third-order valence-corrected chi connectivity index (χ3v) is 4.33. The highest BCUT2D eigenvalue weighted by Gasteiger charge is 2.21. The van der Waals surface area contributed by atoms with E-state index in [2.05, 4.69) is 56.2 Å². The summed E-state index contributed by atoms with van der Waals surface area (Å²) in [6.45, 7) is 5.18. The van der Waals surface area contributed by atoms with Crippen molar-refractivity contribution in [1.82, 2.24) is 5.32 Å². The minimum atomic E-state index is 0.307. The van der Waals surface area contributed by atoms with Crippen molar-refractivity contribution in [3.8, 4) is 5.75 Å². The highest BCUT2D eigenvalue weighted by atomic mass is 79.9. The molecule has 0 saturated heterocycles. The molecular weight excluding hydrogens is 386 g/mol. The van der Waals surface area contributed by atoms with Crippen LogP contribution in [0.2, 0.25) is 0 Å². The Bertz CT molecular complexity index is 413. The summed E-state index contributed by atoms with van der Waals surface area (Å²) in [6, 6.07) is 4.17. The monoisotopic (exact) mass is 405 g/mol. The van der Waals surface area contributed by atoms with Crippen molar-refractivity contribution in [2.45, 2.75) is 32.7 Å². The molecule has 0 heterocycles. The Balaban J connectivity index is 1.84. The third kappa shape index (κ3) is 5.35. The summed E-state index contributed by atoms with van der Waals surface area (Å²) in [6.07, 6.45) is 3.74. The van der Waals surface area contributed by atoms with Gasteiger partial charge in [0.2, 0.25) is 0 Å². The molecule has 1 saturated carbocycles. The van der Waals surface area contributed by atoms with Gasteiger partial charge in [0.05, 0.1) is 15.6 Å². The zero-order valence-corrected chi connectivity index (χ0v) is 14.9. The number of hydrogen-bond acceptors (Lipinski definition) is 3. The van der Waals surface area contributed by atoms with E-state index in [9.17, 15) is 0 Å². The maximum atomic E-state index is 5.69. The summed E-state index contributed by atoms with van der Waals surface area (Å²) in [5, 5.41) is 3.39. The van der Waals surface area contributed by atoms with Crippen LogP contribution in [0, 0.1) is 5.92 Å². The average molecular weight is 407 g/mol. The van der Waals surface area contributed by atoms with Gasteiger partial charge in [0.15, 0.2) is 12.5 Å². The van der Waals surface area contributed by atoms with Crippen LogP contribution in [0.4, 0.5) is 0 Å². The summed E-state index contributed by atoms with van der Waals surface area (Å²) in [7, 11) is 0. The van der Waals surface area contributed by atoms with Gasteiger partial charge in [0.25, 0.3) is 0 Å². The maximum absolute atomic E-state index is 5.69. The molecular formula is C15H21Br2NO2. The van der Waals surface area contributed by atoms with E-state index < -0.39 is 0 Å². The smallest absolute Gasteiger partial charge is 0.189 e. The molecule has 0 radical (unpaired) electrons. The van der Waals surface area contributed by atoms with Gasteiger partial charge in [-0.05, 0) is 81.3 Å². The highest BCUT2D eigenvalue weighted by Crippen LogP contribution is 2.35. The molecule has 0 aromatic heterocycles. The van der Waals surface area contributed by atoms with Gasteiger partial charge in [-0.2, -0.15) is 0 Å². The molecule has 0 aliphatic heterocycles. The number of halogens is 2. The molecule has 3 nitrogen and oxygen atoms in total. The molecule has 112 valence electrons. The first kappa shape index (κ1) is 16.3. The first-order chi connectivity index (χ1) is 9.70. The molecule has 2 rings (SSSR count). The molecule has 0 unspecified atom stereocenters. The third-order valence-electron chi connectivity index (χ3n) is 3.15. The van der Waals surface area contributed by atoms with Crippen LogP contribution in [0.1, 0.15) is 31.7 Å². The van der Waals surface area contributed by atoms with Crippen molar-refractivity contribution in [2.24, 2.45) is 5.92 Å². The fourth-order valence-corrected chi connectivity index (χ4v) is 3.37. The Morgan fingerprint density at radius 2 is 1.95 bits per heavy atom. The lowest BCUT2D eigenvalue weighted by Gasteiger charge is -2.13. The van der Waals surface area contributed by atoms with E-state index in [1.807, 2.05) is 0 Å². The molecule has 1 aliphatic carbocycles. The summed E-state index contributed by atoms with van der Waals surface area (Å²) >= 11 is 7.12. The van der Waals surface area contributed by atoms with E-state index in [0.717, 1.165) is 46.7 Å². The Kier molecular flexibility index (Phi) is 6.81. The van der Waals surface area contributed by atoms with Crippen LogP contribution in [0.5, 0.6) is 5.75 Å². The van der Waals surface area contributed by atoms with Gasteiger partial charge in [0, 0.05) is 6.54 Å². The Morgan fingerprint density at radius 1 is 1.25 bits per heavy atom. The molecule has 0 amide bonds. The largest absolute Gasteiger partial charge is 0.465 e. The Hall–Kier alpha value is -0.100. The van der Waals surface area contributed by atoms with Crippen LogP contribution in [-0.4, -0.2) is 19.9 Å². The number of rotatable bonds is 9. The van der Waals surface area contributed by atoms with Crippen LogP contribution in [0.15, 0.2) is 21.1 Å². The van der Waals surface area contributed by atoms with Crippen LogP contribution < -0.4 is 10.1 Å². The van der Waals surface area contributed by atoms with E-state index in [1.165, 1.54) is 18.4 Å². The predicted molar refractivity (Wildman–Crippen MR) is 88.0 cm³/mol. The van der Waals surface area contributed by atoms with Gasteiger partial charge in [-0.1, -0.05) is 6.92 Å². The number of hydrogen-bond donors (Lipinski definition) is 1. The molecule has 20 heavy (non-hydrogen) atoms. The normalized spacial score (nSPS) is 14.6. The van der Waals surface area contributed by atoms with E-state index in [1.54, 1.807) is 0 Å². The Labute approximate surface area is 137 Å². The van der Waals surface area contributed by atoms with Crippen molar-refractivity contribution in [2.75, 3.05) is 19.9 Å². The molecule has 0 bridgehead atoms. The second-order valence-electron chi connectivity index (χ2n) is 5.14. The average Bonchev–Trinajstić information content (AvgIpc) is 3.21. The molecule has 0 spiro atoms. The molecule has 1 N–H and O–H groups in total. The van der Waals surface area contributed by atoms with Crippen molar-refractivity contribution >= 4 is 31.9 Å². The topological polar surface area (TPSA) is 30.5 Å². The zero-order chi connectivity index (χ0) is 14.4. The van der Waals surface area contributed by atoms with Crippen molar-refractivity contribution in [3.63, 3.8) is 0 Å².